The van der Waals surface area contributed by atoms with Crippen molar-refractivity contribution >= 4 is 17.6 Å². The van der Waals surface area contributed by atoms with Crippen LogP contribution in [0.15, 0.2) is 18.2 Å². The van der Waals surface area contributed by atoms with E-state index in [1.54, 1.807) is 0 Å². The van der Waals surface area contributed by atoms with Crippen molar-refractivity contribution in [1.29, 1.82) is 0 Å². The summed E-state index contributed by atoms with van der Waals surface area (Å²) in [6.07, 6.45) is 2.52. The van der Waals surface area contributed by atoms with Crippen LogP contribution in [-0.4, -0.2) is 17.0 Å². The molecule has 1 fully saturated rings. The topological polar surface area (TPSA) is 66.4 Å². The van der Waals surface area contributed by atoms with Crippen LogP contribution in [0.3, 0.4) is 0 Å². The third-order valence-electron chi connectivity index (χ3n) is 4.22. The average molecular weight is 275 g/mol. The fraction of sp³-hybridized carbons (Fsp3) is 0.500. The smallest absolute Gasteiger partial charge is 0.306 e. The van der Waals surface area contributed by atoms with Crippen LogP contribution in [0.5, 0.6) is 0 Å². The summed E-state index contributed by atoms with van der Waals surface area (Å²) in [7, 11) is 0. The Bertz CT molecular complexity index is 516. The summed E-state index contributed by atoms with van der Waals surface area (Å²) in [4.78, 5) is 23.1. The van der Waals surface area contributed by atoms with Gasteiger partial charge in [0.15, 0.2) is 0 Å². The molecule has 4 nitrogen and oxygen atoms in total. The van der Waals surface area contributed by atoms with Crippen LogP contribution in [0, 0.1) is 25.7 Å². The number of anilines is 1. The largest absolute Gasteiger partial charge is 0.481 e. The second-order valence-electron chi connectivity index (χ2n) is 5.68. The lowest BCUT2D eigenvalue weighted by Crippen LogP contribution is -2.29. The van der Waals surface area contributed by atoms with Crippen molar-refractivity contribution in [3.8, 4) is 0 Å². The minimum Gasteiger partial charge on any atom is -0.481 e. The first-order chi connectivity index (χ1) is 9.47. The molecule has 0 spiro atoms. The maximum Gasteiger partial charge on any atom is 0.306 e. The minimum atomic E-state index is -0.738. The van der Waals surface area contributed by atoms with E-state index in [4.69, 9.17) is 5.11 Å². The van der Waals surface area contributed by atoms with Gasteiger partial charge in [-0.1, -0.05) is 6.07 Å². The predicted molar refractivity (Wildman–Crippen MR) is 77.6 cm³/mol. The molecule has 1 aromatic rings. The van der Waals surface area contributed by atoms with Gasteiger partial charge in [0.1, 0.15) is 0 Å². The van der Waals surface area contributed by atoms with Crippen molar-refractivity contribution in [1.82, 2.24) is 0 Å². The van der Waals surface area contributed by atoms with Gasteiger partial charge < -0.3 is 10.4 Å². The van der Waals surface area contributed by atoms with Gasteiger partial charge in [-0.25, -0.2) is 0 Å². The van der Waals surface area contributed by atoms with E-state index in [0.717, 1.165) is 11.3 Å². The van der Waals surface area contributed by atoms with Gasteiger partial charge in [0, 0.05) is 11.6 Å². The highest BCUT2D eigenvalue weighted by Crippen LogP contribution is 2.30. The summed E-state index contributed by atoms with van der Waals surface area (Å²) in [5, 5.41) is 11.9. The van der Waals surface area contributed by atoms with E-state index in [1.807, 2.05) is 32.0 Å². The third-order valence-corrected chi connectivity index (χ3v) is 4.22. The summed E-state index contributed by atoms with van der Waals surface area (Å²) in [6.45, 7) is 4.05. The molecule has 0 aliphatic heterocycles. The van der Waals surface area contributed by atoms with Crippen molar-refractivity contribution in [2.45, 2.75) is 39.5 Å². The quantitative estimate of drug-likeness (QED) is 0.890. The molecule has 2 rings (SSSR count). The molecule has 1 saturated carbocycles. The Morgan fingerprint density at radius 1 is 1.05 bits per heavy atom. The van der Waals surface area contributed by atoms with Crippen molar-refractivity contribution < 1.29 is 14.7 Å². The molecular weight excluding hydrogens is 254 g/mol. The molecule has 20 heavy (non-hydrogen) atoms. The highest BCUT2D eigenvalue weighted by atomic mass is 16.4. The van der Waals surface area contributed by atoms with Crippen molar-refractivity contribution in [2.75, 3.05) is 5.32 Å². The normalized spacial score (nSPS) is 22.3. The number of nitrogens with one attached hydrogen (secondary N) is 1. The number of hydrogen-bond donors (Lipinski definition) is 2. The zero-order valence-electron chi connectivity index (χ0n) is 12.0. The lowest BCUT2D eigenvalue weighted by atomic mass is 9.81. The molecule has 0 bridgehead atoms. The van der Waals surface area contributed by atoms with E-state index in [9.17, 15) is 9.59 Å². The van der Waals surface area contributed by atoms with E-state index in [1.165, 1.54) is 5.56 Å². The van der Waals surface area contributed by atoms with Crippen molar-refractivity contribution in [3.63, 3.8) is 0 Å². The Labute approximate surface area is 119 Å². The molecule has 1 aromatic carbocycles. The van der Waals surface area contributed by atoms with Gasteiger partial charge in [-0.05, 0) is 62.8 Å². The maximum absolute atomic E-state index is 12.2. The highest BCUT2D eigenvalue weighted by molar-refractivity contribution is 5.92. The van der Waals surface area contributed by atoms with E-state index in [2.05, 4.69) is 5.32 Å². The number of benzene rings is 1. The van der Waals surface area contributed by atoms with Gasteiger partial charge in [-0.2, -0.15) is 0 Å². The molecule has 1 amide bonds. The number of carbonyl (C=O) groups excluding carboxylic acids is 1. The third kappa shape index (κ3) is 3.38. The van der Waals surface area contributed by atoms with E-state index >= 15 is 0 Å². The van der Waals surface area contributed by atoms with E-state index in [-0.39, 0.29) is 17.7 Å². The predicted octanol–water partition coefficient (Wildman–Crippen LogP) is 3.13. The van der Waals surface area contributed by atoms with Crippen LogP contribution < -0.4 is 5.32 Å². The summed E-state index contributed by atoms with van der Waals surface area (Å²) >= 11 is 0. The molecule has 0 radical (unpaired) electrons. The summed E-state index contributed by atoms with van der Waals surface area (Å²) in [5.41, 5.74) is 3.17. The van der Waals surface area contributed by atoms with E-state index < -0.39 is 5.97 Å². The maximum atomic E-state index is 12.2. The van der Waals surface area contributed by atoms with E-state index in [0.29, 0.717) is 25.7 Å². The number of carboxylic acid groups (broad SMARTS) is 1. The van der Waals surface area contributed by atoms with Gasteiger partial charge in [0.25, 0.3) is 0 Å². The van der Waals surface area contributed by atoms with Crippen LogP contribution in [0.25, 0.3) is 0 Å². The SMILES string of the molecule is Cc1ccc(NC(=O)C2CCC(C(=O)O)CC2)cc1C. The molecule has 0 aromatic heterocycles. The fourth-order valence-electron chi connectivity index (χ4n) is 2.67. The standard InChI is InChI=1S/C16H21NO3/c1-10-3-8-14(9-11(10)2)17-15(18)12-4-6-13(7-5-12)16(19)20/h3,8-9,12-13H,4-7H2,1-2H3,(H,17,18)(H,19,20). The van der Waals surface area contributed by atoms with Crippen LogP contribution in [0.4, 0.5) is 5.69 Å². The highest BCUT2D eigenvalue weighted by Gasteiger charge is 2.29. The monoisotopic (exact) mass is 275 g/mol. The van der Waals surface area contributed by atoms with Crippen LogP contribution in [0.1, 0.15) is 36.8 Å². The molecule has 2 N–H and O–H groups in total. The lowest BCUT2D eigenvalue weighted by Gasteiger charge is -2.25. The Hall–Kier alpha value is -1.84. The number of carboxylic acids is 1. The Balaban J connectivity index is 1.92. The minimum absolute atomic E-state index is 0.0112. The molecule has 0 heterocycles. The summed E-state index contributed by atoms with van der Waals surface area (Å²) < 4.78 is 0. The molecule has 1 aliphatic carbocycles. The zero-order chi connectivity index (χ0) is 14.7. The van der Waals surface area contributed by atoms with Gasteiger partial charge in [0.05, 0.1) is 5.92 Å². The first-order valence-electron chi connectivity index (χ1n) is 7.08. The zero-order valence-corrected chi connectivity index (χ0v) is 12.0. The Morgan fingerprint density at radius 3 is 2.20 bits per heavy atom. The first-order valence-corrected chi connectivity index (χ1v) is 7.08. The van der Waals surface area contributed by atoms with Gasteiger partial charge in [0.2, 0.25) is 5.91 Å². The Morgan fingerprint density at radius 2 is 1.65 bits per heavy atom. The molecular formula is C16H21NO3. The molecule has 0 atom stereocenters. The van der Waals surface area contributed by atoms with Gasteiger partial charge >= 0.3 is 5.97 Å². The molecule has 0 unspecified atom stereocenters. The second-order valence-corrected chi connectivity index (χ2v) is 5.68. The average Bonchev–Trinajstić information content (AvgIpc) is 2.43. The first kappa shape index (κ1) is 14.6. The van der Waals surface area contributed by atoms with Gasteiger partial charge in [-0.15, -0.1) is 0 Å². The number of rotatable bonds is 3. The number of aryl methyl sites for hydroxylation is 2. The summed E-state index contributed by atoms with van der Waals surface area (Å²) in [5.74, 6) is -1.07. The number of amides is 1. The van der Waals surface area contributed by atoms with Crippen LogP contribution in [0.2, 0.25) is 0 Å². The summed E-state index contributed by atoms with van der Waals surface area (Å²) in [6, 6.07) is 5.87. The van der Waals surface area contributed by atoms with Gasteiger partial charge in [-0.3, -0.25) is 9.59 Å². The van der Waals surface area contributed by atoms with Crippen LogP contribution in [-0.2, 0) is 9.59 Å². The molecule has 108 valence electrons. The number of aliphatic carboxylic acids is 1. The Kier molecular flexibility index (Phi) is 4.42. The van der Waals surface area contributed by atoms with Crippen molar-refractivity contribution in [2.24, 2.45) is 11.8 Å². The molecule has 0 saturated heterocycles. The second kappa shape index (κ2) is 6.07. The number of hydrogen-bond acceptors (Lipinski definition) is 2. The number of carbonyl (C=O) groups is 2. The van der Waals surface area contributed by atoms with Crippen molar-refractivity contribution in [3.05, 3.63) is 29.3 Å². The lowest BCUT2D eigenvalue weighted by molar-refractivity contribution is -0.143. The van der Waals surface area contributed by atoms with Crippen LogP contribution >= 0.6 is 0 Å². The fourth-order valence-corrected chi connectivity index (χ4v) is 2.67. The molecule has 1 aliphatic rings. The molecule has 4 heteroatoms.